The van der Waals surface area contributed by atoms with Crippen molar-refractivity contribution in [3.63, 3.8) is 0 Å². The Balaban J connectivity index is 0.00000420. The summed E-state index contributed by atoms with van der Waals surface area (Å²) in [5.41, 5.74) is 2.54. The Bertz CT molecular complexity index is 882. The topological polar surface area (TPSA) is 79.8 Å². The van der Waals surface area contributed by atoms with Crippen molar-refractivity contribution in [1.29, 1.82) is 0 Å². The highest BCUT2D eigenvalue weighted by molar-refractivity contribution is 14.0. The van der Waals surface area contributed by atoms with Gasteiger partial charge in [0, 0.05) is 19.8 Å². The van der Waals surface area contributed by atoms with Gasteiger partial charge in [0.15, 0.2) is 15.8 Å². The molecule has 0 radical (unpaired) electrons. The monoisotopic (exact) mass is 531 g/mol. The van der Waals surface area contributed by atoms with Gasteiger partial charge in [-0.15, -0.1) is 24.0 Å². The number of aryl methyl sites for hydroxylation is 1. The molecular formula is C21H30IN3O3S. The van der Waals surface area contributed by atoms with E-state index in [1.165, 1.54) is 17.4 Å². The second-order valence-electron chi connectivity index (χ2n) is 6.78. The standard InChI is InChI=1S/C21H29N3O3S.HI/c1-16-5-7-18(8-6-16)17(2)15-24-21(22-3)23-13-14-27-19-9-11-20(12-10-19)28(4,25)26;/h5-12,17H,13-15H2,1-4H3,(H2,22,23,24);1H. The molecule has 0 aliphatic carbocycles. The molecule has 2 aromatic carbocycles. The molecule has 29 heavy (non-hydrogen) atoms. The molecule has 0 bridgehead atoms. The molecule has 2 aromatic rings. The zero-order valence-corrected chi connectivity index (χ0v) is 20.5. The van der Waals surface area contributed by atoms with Crippen LogP contribution >= 0.6 is 24.0 Å². The Morgan fingerprint density at radius 3 is 2.24 bits per heavy atom. The lowest BCUT2D eigenvalue weighted by Crippen LogP contribution is -2.40. The van der Waals surface area contributed by atoms with Crippen molar-refractivity contribution in [2.24, 2.45) is 4.99 Å². The van der Waals surface area contributed by atoms with Crippen LogP contribution in [0.25, 0.3) is 0 Å². The fourth-order valence-electron chi connectivity index (χ4n) is 2.60. The summed E-state index contributed by atoms with van der Waals surface area (Å²) in [6.07, 6.45) is 1.19. The van der Waals surface area contributed by atoms with Crippen LogP contribution in [0.1, 0.15) is 24.0 Å². The van der Waals surface area contributed by atoms with E-state index in [2.05, 4.69) is 53.7 Å². The molecule has 2 rings (SSSR count). The van der Waals surface area contributed by atoms with Crippen LogP contribution in [0.4, 0.5) is 0 Å². The molecule has 0 heterocycles. The number of guanidine groups is 1. The number of aliphatic imine (C=N–C) groups is 1. The van der Waals surface area contributed by atoms with Crippen molar-refractivity contribution in [2.45, 2.75) is 24.7 Å². The number of benzene rings is 2. The molecule has 1 unspecified atom stereocenters. The minimum absolute atomic E-state index is 0. The smallest absolute Gasteiger partial charge is 0.191 e. The normalized spacial score (nSPS) is 12.6. The van der Waals surface area contributed by atoms with Gasteiger partial charge in [-0.2, -0.15) is 0 Å². The van der Waals surface area contributed by atoms with Crippen LogP contribution in [0, 0.1) is 6.92 Å². The molecule has 0 spiro atoms. The highest BCUT2D eigenvalue weighted by Gasteiger charge is 2.08. The summed E-state index contributed by atoms with van der Waals surface area (Å²) >= 11 is 0. The molecule has 0 amide bonds. The summed E-state index contributed by atoms with van der Waals surface area (Å²) in [4.78, 5) is 4.51. The number of nitrogens with one attached hydrogen (secondary N) is 2. The SMILES string of the molecule is CN=C(NCCOc1ccc(S(C)(=O)=O)cc1)NCC(C)c1ccc(C)cc1.I. The minimum atomic E-state index is -3.19. The van der Waals surface area contributed by atoms with Gasteiger partial charge in [-0.25, -0.2) is 8.42 Å². The molecule has 0 aromatic heterocycles. The first-order chi connectivity index (χ1) is 13.3. The number of nitrogens with zero attached hydrogens (tertiary/aromatic N) is 1. The van der Waals surface area contributed by atoms with Crippen LogP contribution in [-0.4, -0.2) is 47.4 Å². The maximum Gasteiger partial charge on any atom is 0.191 e. The molecular weight excluding hydrogens is 501 g/mol. The maximum absolute atomic E-state index is 11.5. The molecule has 8 heteroatoms. The summed E-state index contributed by atoms with van der Waals surface area (Å²) < 4.78 is 28.5. The highest BCUT2D eigenvalue weighted by Crippen LogP contribution is 2.16. The van der Waals surface area contributed by atoms with Gasteiger partial charge in [0.05, 0.1) is 11.4 Å². The molecule has 0 saturated carbocycles. The van der Waals surface area contributed by atoms with Gasteiger partial charge in [0.1, 0.15) is 12.4 Å². The lowest BCUT2D eigenvalue weighted by molar-refractivity contribution is 0.321. The average Bonchev–Trinajstić information content (AvgIpc) is 2.67. The molecule has 160 valence electrons. The Hall–Kier alpha value is -1.81. The predicted molar refractivity (Wildman–Crippen MR) is 129 cm³/mol. The number of hydrogen-bond acceptors (Lipinski definition) is 4. The van der Waals surface area contributed by atoms with Crippen LogP contribution in [0.15, 0.2) is 58.4 Å². The van der Waals surface area contributed by atoms with Gasteiger partial charge < -0.3 is 15.4 Å². The average molecular weight is 531 g/mol. The Kier molecular flexibility index (Phi) is 10.5. The summed E-state index contributed by atoms with van der Waals surface area (Å²) in [5.74, 6) is 1.71. The number of sulfone groups is 1. The molecule has 0 aliphatic rings. The number of hydrogen-bond donors (Lipinski definition) is 2. The van der Waals surface area contributed by atoms with Gasteiger partial charge in [0.2, 0.25) is 0 Å². The van der Waals surface area contributed by atoms with Gasteiger partial charge in [-0.1, -0.05) is 36.8 Å². The van der Waals surface area contributed by atoms with Crippen molar-refractivity contribution in [3.8, 4) is 5.75 Å². The van der Waals surface area contributed by atoms with E-state index in [1.54, 1.807) is 31.3 Å². The Morgan fingerprint density at radius 1 is 1.07 bits per heavy atom. The summed E-state index contributed by atoms with van der Waals surface area (Å²) in [6, 6.07) is 15.0. The van der Waals surface area contributed by atoms with Crippen LogP contribution in [0.5, 0.6) is 5.75 Å². The maximum atomic E-state index is 11.5. The third-order valence-corrected chi connectivity index (χ3v) is 5.49. The van der Waals surface area contributed by atoms with Crippen molar-refractivity contribution in [3.05, 3.63) is 59.7 Å². The van der Waals surface area contributed by atoms with Gasteiger partial charge in [-0.05, 0) is 42.7 Å². The Morgan fingerprint density at radius 2 is 1.69 bits per heavy atom. The first-order valence-electron chi connectivity index (χ1n) is 9.23. The lowest BCUT2D eigenvalue weighted by atomic mass is 10.0. The third kappa shape index (κ3) is 8.61. The highest BCUT2D eigenvalue weighted by atomic mass is 127. The summed E-state index contributed by atoms with van der Waals surface area (Å²) in [7, 11) is -1.45. The van der Waals surface area contributed by atoms with E-state index in [4.69, 9.17) is 4.74 Å². The Labute approximate surface area is 191 Å². The zero-order chi connectivity index (χ0) is 20.6. The van der Waals surface area contributed by atoms with E-state index in [0.29, 0.717) is 24.8 Å². The summed E-state index contributed by atoms with van der Waals surface area (Å²) in [5, 5.41) is 6.53. The minimum Gasteiger partial charge on any atom is -0.492 e. The van der Waals surface area contributed by atoms with E-state index in [9.17, 15) is 8.42 Å². The molecule has 0 aliphatic heterocycles. The molecule has 0 fully saturated rings. The van der Waals surface area contributed by atoms with E-state index in [1.807, 2.05) is 0 Å². The molecule has 6 nitrogen and oxygen atoms in total. The van der Waals surface area contributed by atoms with Crippen molar-refractivity contribution in [1.82, 2.24) is 10.6 Å². The molecule has 1 atom stereocenters. The van der Waals surface area contributed by atoms with Crippen LogP contribution in [0.3, 0.4) is 0 Å². The quantitative estimate of drug-likeness (QED) is 0.237. The van der Waals surface area contributed by atoms with Crippen molar-refractivity contribution in [2.75, 3.05) is 33.0 Å². The van der Waals surface area contributed by atoms with Crippen LogP contribution < -0.4 is 15.4 Å². The van der Waals surface area contributed by atoms with Gasteiger partial charge in [-0.3, -0.25) is 4.99 Å². The largest absolute Gasteiger partial charge is 0.492 e. The van der Waals surface area contributed by atoms with Crippen LogP contribution in [-0.2, 0) is 9.84 Å². The fraction of sp³-hybridized carbons (Fsp3) is 0.381. The number of ether oxygens (including phenoxy) is 1. The molecule has 2 N–H and O–H groups in total. The van der Waals surface area contributed by atoms with Crippen molar-refractivity contribution >= 4 is 39.8 Å². The number of rotatable bonds is 8. The lowest BCUT2D eigenvalue weighted by Gasteiger charge is -2.17. The van der Waals surface area contributed by atoms with Gasteiger partial charge >= 0.3 is 0 Å². The van der Waals surface area contributed by atoms with E-state index >= 15 is 0 Å². The summed E-state index contributed by atoms with van der Waals surface area (Å²) in [6.45, 7) is 6.05. The third-order valence-electron chi connectivity index (χ3n) is 4.36. The second-order valence-corrected chi connectivity index (χ2v) is 8.80. The van der Waals surface area contributed by atoms with Crippen LogP contribution in [0.2, 0.25) is 0 Å². The second kappa shape index (κ2) is 12.0. The molecule has 0 saturated heterocycles. The van der Waals surface area contributed by atoms with E-state index in [0.717, 1.165) is 12.5 Å². The van der Waals surface area contributed by atoms with Gasteiger partial charge in [0.25, 0.3) is 0 Å². The first-order valence-corrected chi connectivity index (χ1v) is 11.1. The van der Waals surface area contributed by atoms with E-state index in [-0.39, 0.29) is 28.9 Å². The fourth-order valence-corrected chi connectivity index (χ4v) is 3.24. The first kappa shape index (κ1) is 25.2. The van der Waals surface area contributed by atoms with Crippen molar-refractivity contribution < 1.29 is 13.2 Å². The van der Waals surface area contributed by atoms with E-state index < -0.39 is 9.84 Å². The predicted octanol–water partition coefficient (Wildman–Crippen LogP) is 3.36. The number of halogens is 1. The zero-order valence-electron chi connectivity index (χ0n) is 17.3.